The molecule has 5 aromatic rings. The van der Waals surface area contributed by atoms with Gasteiger partial charge >= 0.3 is 5.97 Å². The fourth-order valence-corrected chi connectivity index (χ4v) is 5.46. The molecule has 5 nitrogen and oxygen atoms in total. The van der Waals surface area contributed by atoms with E-state index >= 15 is 0 Å². The molecule has 182 valence electrons. The van der Waals surface area contributed by atoms with Crippen molar-refractivity contribution in [1.29, 1.82) is 0 Å². The van der Waals surface area contributed by atoms with E-state index in [1.165, 1.54) is 0 Å². The molecule has 0 unspecified atom stereocenters. The monoisotopic (exact) mass is 497 g/mol. The first-order valence-corrected chi connectivity index (χ1v) is 12.8. The van der Waals surface area contributed by atoms with Crippen molar-refractivity contribution in [3.63, 3.8) is 0 Å². The van der Waals surface area contributed by atoms with Crippen molar-refractivity contribution >= 4 is 27.5 Å². The second-order valence-electron chi connectivity index (χ2n) is 8.40. The Labute approximate surface area is 214 Å². The van der Waals surface area contributed by atoms with Crippen LogP contribution in [0, 0.1) is 0 Å². The number of fused-ring (bicyclic) bond motifs is 1. The molecule has 0 saturated heterocycles. The van der Waals surface area contributed by atoms with E-state index in [1.54, 1.807) is 17.4 Å². The molecule has 6 heteroatoms. The summed E-state index contributed by atoms with van der Waals surface area (Å²) in [6.07, 6.45) is 0. The lowest BCUT2D eigenvalue weighted by Crippen LogP contribution is -2.09. The largest absolute Gasteiger partial charge is 0.494 e. The van der Waals surface area contributed by atoms with Crippen molar-refractivity contribution in [3.05, 3.63) is 96.2 Å². The highest BCUT2D eigenvalue weighted by molar-refractivity contribution is 7.22. The maximum atomic E-state index is 12.1. The maximum absolute atomic E-state index is 12.1. The van der Waals surface area contributed by atoms with Gasteiger partial charge in [0, 0.05) is 11.4 Å². The molecular formula is C30H27NO4S. The molecule has 0 fully saturated rings. The van der Waals surface area contributed by atoms with Crippen LogP contribution in [0.1, 0.15) is 29.9 Å². The Bertz CT molecular complexity index is 1500. The van der Waals surface area contributed by atoms with E-state index in [-0.39, 0.29) is 0 Å². The Hall–Kier alpha value is -4.03. The van der Waals surface area contributed by atoms with E-state index in [0.29, 0.717) is 25.5 Å². The van der Waals surface area contributed by atoms with Crippen LogP contribution < -0.4 is 9.47 Å². The topological polar surface area (TPSA) is 60.7 Å². The molecule has 0 saturated carbocycles. The van der Waals surface area contributed by atoms with Gasteiger partial charge < -0.3 is 19.1 Å². The minimum atomic E-state index is -0.927. The summed E-state index contributed by atoms with van der Waals surface area (Å²) in [5.74, 6) is 0.759. The fourth-order valence-electron chi connectivity index (χ4n) is 4.36. The second kappa shape index (κ2) is 10.3. The molecule has 0 aliphatic heterocycles. The third kappa shape index (κ3) is 4.86. The number of rotatable bonds is 9. The van der Waals surface area contributed by atoms with Gasteiger partial charge in [-0.3, -0.25) is 0 Å². The predicted molar refractivity (Wildman–Crippen MR) is 146 cm³/mol. The number of carbonyl (C=O) groups is 1. The molecule has 0 spiro atoms. The van der Waals surface area contributed by atoms with Crippen LogP contribution in [0.3, 0.4) is 0 Å². The van der Waals surface area contributed by atoms with E-state index in [4.69, 9.17) is 9.47 Å². The van der Waals surface area contributed by atoms with E-state index < -0.39 is 5.97 Å². The first-order valence-electron chi connectivity index (χ1n) is 12.0. The van der Waals surface area contributed by atoms with E-state index in [2.05, 4.69) is 18.2 Å². The van der Waals surface area contributed by atoms with Crippen molar-refractivity contribution < 1.29 is 19.4 Å². The zero-order valence-electron chi connectivity index (χ0n) is 20.2. The normalized spacial score (nSPS) is 11.1. The van der Waals surface area contributed by atoms with Crippen molar-refractivity contribution in [2.45, 2.75) is 20.4 Å². The van der Waals surface area contributed by atoms with Gasteiger partial charge in [0.05, 0.1) is 23.4 Å². The summed E-state index contributed by atoms with van der Waals surface area (Å²) in [5.41, 5.74) is 5.51. The van der Waals surface area contributed by atoms with E-state index in [1.807, 2.05) is 79.1 Å². The molecule has 0 atom stereocenters. The van der Waals surface area contributed by atoms with Gasteiger partial charge in [-0.2, -0.15) is 0 Å². The van der Waals surface area contributed by atoms with Gasteiger partial charge in [0.2, 0.25) is 0 Å². The van der Waals surface area contributed by atoms with Gasteiger partial charge in [0.25, 0.3) is 0 Å². The number of carboxylic acids is 1. The summed E-state index contributed by atoms with van der Waals surface area (Å²) in [6, 6.07) is 28.1. The number of aromatic carboxylic acids is 1. The zero-order valence-corrected chi connectivity index (χ0v) is 21.0. The van der Waals surface area contributed by atoms with Crippen LogP contribution in [0.25, 0.3) is 31.8 Å². The number of aromatic nitrogens is 1. The van der Waals surface area contributed by atoms with Crippen molar-refractivity contribution in [3.8, 4) is 33.1 Å². The fraction of sp³-hybridized carbons (Fsp3) is 0.167. The highest BCUT2D eigenvalue weighted by Gasteiger charge is 2.18. The summed E-state index contributed by atoms with van der Waals surface area (Å²) in [6.45, 7) is 5.66. The summed E-state index contributed by atoms with van der Waals surface area (Å²) < 4.78 is 14.0. The predicted octanol–water partition coefficient (Wildman–Crippen LogP) is 7.58. The zero-order chi connectivity index (χ0) is 25.1. The van der Waals surface area contributed by atoms with Gasteiger partial charge in [-0.25, -0.2) is 4.79 Å². The Balaban J connectivity index is 1.47. The minimum Gasteiger partial charge on any atom is -0.494 e. The molecule has 2 aromatic heterocycles. The molecule has 5 rings (SSSR count). The van der Waals surface area contributed by atoms with E-state index in [0.717, 1.165) is 48.8 Å². The van der Waals surface area contributed by atoms with Crippen LogP contribution in [0.15, 0.2) is 84.9 Å². The summed E-state index contributed by atoms with van der Waals surface area (Å²) >= 11 is 1.60. The second-order valence-corrected chi connectivity index (χ2v) is 9.48. The van der Waals surface area contributed by atoms with Crippen molar-refractivity contribution in [2.75, 3.05) is 13.2 Å². The lowest BCUT2D eigenvalue weighted by Gasteiger charge is -2.11. The van der Waals surface area contributed by atoms with Gasteiger partial charge in [0.1, 0.15) is 17.2 Å². The Kier molecular flexibility index (Phi) is 6.78. The maximum Gasteiger partial charge on any atom is 0.352 e. The molecule has 1 N–H and O–H groups in total. The van der Waals surface area contributed by atoms with Gasteiger partial charge in [-0.15, -0.1) is 11.3 Å². The molecule has 0 radical (unpaired) electrons. The number of carboxylic acid groups (broad SMARTS) is 1. The number of hydrogen-bond acceptors (Lipinski definition) is 4. The number of thiophene rings is 1. The highest BCUT2D eigenvalue weighted by Crippen LogP contribution is 2.37. The first kappa shape index (κ1) is 23.7. The van der Waals surface area contributed by atoms with Crippen LogP contribution in [0.5, 0.6) is 11.5 Å². The number of ether oxygens (including phenoxy) is 2. The Morgan fingerprint density at radius 2 is 1.44 bits per heavy atom. The summed E-state index contributed by atoms with van der Waals surface area (Å²) in [7, 11) is 0. The Morgan fingerprint density at radius 1 is 0.806 bits per heavy atom. The summed E-state index contributed by atoms with van der Waals surface area (Å²) in [5, 5.41) is 9.89. The lowest BCUT2D eigenvalue weighted by molar-refractivity contribution is 0.0686. The number of benzene rings is 3. The van der Waals surface area contributed by atoms with Gasteiger partial charge in [-0.05, 0) is 90.7 Å². The van der Waals surface area contributed by atoms with Crippen LogP contribution in [0.2, 0.25) is 0 Å². The molecule has 0 amide bonds. The van der Waals surface area contributed by atoms with Gasteiger partial charge in [-0.1, -0.05) is 30.3 Å². The van der Waals surface area contributed by atoms with E-state index in [9.17, 15) is 9.90 Å². The molecular weight excluding hydrogens is 470 g/mol. The number of nitrogens with zero attached hydrogens (tertiary/aromatic N) is 1. The van der Waals surface area contributed by atoms with Crippen molar-refractivity contribution in [1.82, 2.24) is 4.57 Å². The molecule has 36 heavy (non-hydrogen) atoms. The standard InChI is InChI=1S/C30H27NO4S/c1-3-34-24-12-8-21(9-13-24)23-7-5-6-20(16-23)19-31-26-17-28(36-29(26)18-27(31)30(32)33)22-10-14-25(15-11-22)35-4-2/h5-18H,3-4,19H2,1-2H3,(H,32,33). The average molecular weight is 498 g/mol. The van der Waals surface area contributed by atoms with Crippen molar-refractivity contribution in [2.24, 2.45) is 0 Å². The number of hydrogen-bond donors (Lipinski definition) is 1. The third-order valence-corrected chi connectivity index (χ3v) is 7.15. The van der Waals surface area contributed by atoms with Crippen LogP contribution in [-0.4, -0.2) is 28.9 Å². The van der Waals surface area contributed by atoms with Crippen LogP contribution in [-0.2, 0) is 6.54 Å². The Morgan fingerprint density at radius 3 is 2.06 bits per heavy atom. The molecule has 0 aliphatic rings. The highest BCUT2D eigenvalue weighted by atomic mass is 32.1. The molecule has 0 bridgehead atoms. The average Bonchev–Trinajstić information content (AvgIpc) is 3.45. The molecule has 0 aliphatic carbocycles. The lowest BCUT2D eigenvalue weighted by atomic mass is 10.0. The molecule has 2 heterocycles. The van der Waals surface area contributed by atoms with Crippen LogP contribution >= 0.6 is 11.3 Å². The van der Waals surface area contributed by atoms with Crippen LogP contribution in [0.4, 0.5) is 0 Å². The smallest absolute Gasteiger partial charge is 0.352 e. The van der Waals surface area contributed by atoms with Gasteiger partial charge in [0.15, 0.2) is 0 Å². The summed E-state index contributed by atoms with van der Waals surface area (Å²) in [4.78, 5) is 13.2. The molecule has 3 aromatic carbocycles. The minimum absolute atomic E-state index is 0.293. The third-order valence-electron chi connectivity index (χ3n) is 6.02. The quantitative estimate of drug-likeness (QED) is 0.228. The first-order chi connectivity index (χ1) is 17.6. The SMILES string of the molecule is CCOc1ccc(-c2cccc(Cn3c(C(=O)O)cc4sc(-c5ccc(OCC)cc5)cc43)c2)cc1.